The van der Waals surface area contributed by atoms with Crippen LogP contribution in [0.3, 0.4) is 0 Å². The molecule has 0 bridgehead atoms. The smallest absolute Gasteiger partial charge is 0.311 e. The van der Waals surface area contributed by atoms with Crippen molar-refractivity contribution in [2.45, 2.75) is 6.42 Å². The molecule has 1 saturated heterocycles. The Balaban J connectivity index is 1.55. The fourth-order valence-electron chi connectivity index (χ4n) is 2.96. The van der Waals surface area contributed by atoms with E-state index in [9.17, 15) is 10.1 Å². The van der Waals surface area contributed by atoms with E-state index in [0.717, 1.165) is 39.3 Å². The molecular weight excluding hydrogens is 346 g/mol. The summed E-state index contributed by atoms with van der Waals surface area (Å²) < 4.78 is 5.33. The van der Waals surface area contributed by atoms with Crippen LogP contribution >= 0.6 is 0 Å². The Kier molecular flexibility index (Phi) is 6.95. The minimum absolute atomic E-state index is 0.00872. The van der Waals surface area contributed by atoms with Gasteiger partial charge in [-0.05, 0) is 18.1 Å². The fourth-order valence-corrected chi connectivity index (χ4v) is 2.96. The maximum Gasteiger partial charge on any atom is 0.311 e. The predicted octanol–water partition coefficient (Wildman–Crippen LogP) is 2.39. The first-order chi connectivity index (χ1) is 13.2. The molecule has 2 aromatic rings. The molecule has 8 heteroatoms. The Hall–Kier alpha value is -2.71. The van der Waals surface area contributed by atoms with Crippen LogP contribution in [0.25, 0.3) is 0 Å². The molecule has 1 fully saturated rings. The Labute approximate surface area is 158 Å². The number of aromatic nitrogens is 1. The molecule has 0 amide bonds. The average Bonchev–Trinajstić information content (AvgIpc) is 2.70. The molecule has 0 spiro atoms. The van der Waals surface area contributed by atoms with Gasteiger partial charge in [0.2, 0.25) is 5.82 Å². The van der Waals surface area contributed by atoms with Crippen molar-refractivity contribution >= 4 is 17.3 Å². The maximum atomic E-state index is 11.3. The van der Waals surface area contributed by atoms with E-state index >= 15 is 0 Å². The van der Waals surface area contributed by atoms with Gasteiger partial charge in [-0.15, -0.1) is 0 Å². The van der Waals surface area contributed by atoms with Crippen molar-refractivity contribution in [2.75, 3.05) is 56.6 Å². The molecule has 1 aromatic heterocycles. The van der Waals surface area contributed by atoms with Crippen LogP contribution in [-0.4, -0.2) is 60.7 Å². The molecule has 1 aliphatic rings. The fraction of sp³-hybridized carbons (Fsp3) is 0.421. The summed E-state index contributed by atoms with van der Waals surface area (Å²) >= 11 is 0. The van der Waals surface area contributed by atoms with Crippen LogP contribution in [0.2, 0.25) is 0 Å². The second-order valence-electron chi connectivity index (χ2n) is 6.36. The van der Waals surface area contributed by atoms with E-state index in [2.05, 4.69) is 32.7 Å². The average molecular weight is 371 g/mol. The summed E-state index contributed by atoms with van der Waals surface area (Å²) in [7, 11) is 0. The van der Waals surface area contributed by atoms with Crippen molar-refractivity contribution in [2.24, 2.45) is 0 Å². The zero-order valence-electron chi connectivity index (χ0n) is 15.3. The van der Waals surface area contributed by atoms with E-state index in [-0.39, 0.29) is 5.69 Å². The van der Waals surface area contributed by atoms with Crippen LogP contribution < -0.4 is 10.6 Å². The third-order valence-corrected chi connectivity index (χ3v) is 4.46. The zero-order chi connectivity index (χ0) is 18.9. The lowest BCUT2D eigenvalue weighted by molar-refractivity contribution is -0.384. The van der Waals surface area contributed by atoms with Crippen molar-refractivity contribution in [1.82, 2.24) is 9.88 Å². The largest absolute Gasteiger partial charge is 0.379 e. The van der Waals surface area contributed by atoms with Gasteiger partial charge in [-0.3, -0.25) is 15.0 Å². The number of nitrogens with zero attached hydrogens (tertiary/aromatic N) is 3. The molecule has 3 rings (SSSR count). The summed E-state index contributed by atoms with van der Waals surface area (Å²) in [6.07, 6.45) is 0.860. The lowest BCUT2D eigenvalue weighted by Crippen LogP contribution is -2.39. The number of ether oxygens (including phenoxy) is 1. The highest BCUT2D eigenvalue weighted by atomic mass is 16.6. The number of benzene rings is 1. The normalized spacial score (nSPS) is 14.7. The molecule has 2 heterocycles. The predicted molar refractivity (Wildman–Crippen MR) is 105 cm³/mol. The molecule has 0 radical (unpaired) electrons. The highest BCUT2D eigenvalue weighted by Crippen LogP contribution is 2.23. The molecule has 27 heavy (non-hydrogen) atoms. The number of anilines is 2. The molecule has 1 aliphatic heterocycles. The Morgan fingerprint density at radius 1 is 1.07 bits per heavy atom. The molecule has 0 unspecified atom stereocenters. The van der Waals surface area contributed by atoms with Crippen LogP contribution in [0.4, 0.5) is 17.3 Å². The van der Waals surface area contributed by atoms with Gasteiger partial charge in [0.05, 0.1) is 18.1 Å². The van der Waals surface area contributed by atoms with Crippen molar-refractivity contribution in [3.8, 4) is 0 Å². The first kappa shape index (κ1) is 19.1. The Bertz CT molecular complexity index is 735. The Morgan fingerprint density at radius 3 is 2.59 bits per heavy atom. The topological polar surface area (TPSA) is 92.6 Å². The van der Waals surface area contributed by atoms with Crippen molar-refractivity contribution in [3.05, 3.63) is 58.1 Å². The summed E-state index contributed by atoms with van der Waals surface area (Å²) in [5.74, 6) is 0.934. The minimum Gasteiger partial charge on any atom is -0.379 e. The molecule has 0 atom stereocenters. The molecule has 0 saturated carbocycles. The molecule has 144 valence electrons. The van der Waals surface area contributed by atoms with Gasteiger partial charge in [-0.2, -0.15) is 0 Å². The number of nitro groups is 1. The third-order valence-electron chi connectivity index (χ3n) is 4.46. The van der Waals surface area contributed by atoms with Crippen molar-refractivity contribution in [3.63, 3.8) is 0 Å². The number of rotatable bonds is 9. The van der Waals surface area contributed by atoms with Crippen LogP contribution in [0, 0.1) is 10.1 Å². The van der Waals surface area contributed by atoms with Gasteiger partial charge < -0.3 is 15.4 Å². The second kappa shape index (κ2) is 9.84. The van der Waals surface area contributed by atoms with E-state index in [4.69, 9.17) is 4.74 Å². The lowest BCUT2D eigenvalue weighted by Gasteiger charge is -2.26. The van der Waals surface area contributed by atoms with E-state index in [1.165, 1.54) is 11.6 Å². The minimum atomic E-state index is -0.405. The van der Waals surface area contributed by atoms with Crippen LogP contribution in [0.1, 0.15) is 5.56 Å². The molecule has 8 nitrogen and oxygen atoms in total. The second-order valence-corrected chi connectivity index (χ2v) is 6.36. The lowest BCUT2D eigenvalue weighted by atomic mass is 10.1. The summed E-state index contributed by atoms with van der Waals surface area (Å²) in [6.45, 7) is 5.35. The number of hydrogen-bond donors (Lipinski definition) is 2. The van der Waals surface area contributed by atoms with Gasteiger partial charge in [0.15, 0.2) is 0 Å². The standard InChI is InChI=1S/C19H25N5O3/c25-24(26)17-6-7-18(20-9-8-16-4-2-1-3-5-16)22-19(17)21-10-11-23-12-14-27-15-13-23/h1-7H,8-15H2,(H2,20,21,22). The van der Waals surface area contributed by atoms with E-state index < -0.39 is 4.92 Å². The van der Waals surface area contributed by atoms with Gasteiger partial charge in [-0.25, -0.2) is 4.98 Å². The number of nitrogens with one attached hydrogen (secondary N) is 2. The number of hydrogen-bond acceptors (Lipinski definition) is 7. The van der Waals surface area contributed by atoms with Gasteiger partial charge in [0.25, 0.3) is 0 Å². The highest BCUT2D eigenvalue weighted by Gasteiger charge is 2.16. The SMILES string of the molecule is O=[N+]([O-])c1ccc(NCCc2ccccc2)nc1NCCN1CCOCC1. The highest BCUT2D eigenvalue weighted by molar-refractivity contribution is 5.60. The van der Waals surface area contributed by atoms with E-state index in [1.54, 1.807) is 6.07 Å². The van der Waals surface area contributed by atoms with Crippen LogP contribution in [0.15, 0.2) is 42.5 Å². The molecular formula is C19H25N5O3. The van der Waals surface area contributed by atoms with Crippen LogP contribution in [0.5, 0.6) is 0 Å². The Morgan fingerprint density at radius 2 is 1.85 bits per heavy atom. The monoisotopic (exact) mass is 371 g/mol. The summed E-state index contributed by atoms with van der Waals surface area (Å²) in [5, 5.41) is 17.6. The molecule has 0 aliphatic carbocycles. The zero-order valence-corrected chi connectivity index (χ0v) is 15.3. The van der Waals surface area contributed by atoms with Crippen LogP contribution in [-0.2, 0) is 11.2 Å². The molecule has 1 aromatic carbocycles. The van der Waals surface area contributed by atoms with Crippen molar-refractivity contribution < 1.29 is 9.66 Å². The molecule has 2 N–H and O–H groups in total. The number of pyridine rings is 1. The van der Waals surface area contributed by atoms with Crippen molar-refractivity contribution in [1.29, 1.82) is 0 Å². The first-order valence-corrected chi connectivity index (χ1v) is 9.19. The van der Waals surface area contributed by atoms with Gasteiger partial charge in [0.1, 0.15) is 5.82 Å². The van der Waals surface area contributed by atoms with E-state index in [0.29, 0.717) is 24.7 Å². The number of morpholine rings is 1. The van der Waals surface area contributed by atoms with E-state index in [1.807, 2.05) is 18.2 Å². The summed E-state index contributed by atoms with van der Waals surface area (Å²) in [5.41, 5.74) is 1.22. The quantitative estimate of drug-likeness (QED) is 0.516. The summed E-state index contributed by atoms with van der Waals surface area (Å²) in [4.78, 5) is 17.5. The third kappa shape index (κ3) is 5.90. The van der Waals surface area contributed by atoms with Gasteiger partial charge >= 0.3 is 5.69 Å². The summed E-state index contributed by atoms with van der Waals surface area (Å²) in [6, 6.07) is 13.3. The first-order valence-electron chi connectivity index (χ1n) is 9.19. The van der Waals surface area contributed by atoms with Gasteiger partial charge in [0, 0.05) is 38.8 Å². The van der Waals surface area contributed by atoms with Gasteiger partial charge in [-0.1, -0.05) is 30.3 Å². The maximum absolute atomic E-state index is 11.3.